The molecule has 38 valence electrons. The minimum Gasteiger partial charge on any atom is -0.172 e. The summed E-state index contributed by atoms with van der Waals surface area (Å²) in [5, 5.41) is 0. The molecule has 1 heteroatoms. The van der Waals surface area contributed by atoms with Gasteiger partial charge in [-0.05, 0) is 0 Å². The predicted octanol–water partition coefficient (Wildman–Crippen LogP) is 1.95. The molecule has 0 aliphatic carbocycles. The Hall–Kier alpha value is 0.430. The molecule has 0 aromatic carbocycles. The van der Waals surface area contributed by atoms with Crippen LogP contribution in [0.5, 0.6) is 0 Å². The average molecular weight is 104 g/mol. The number of hydrogen-bond donors (Lipinski definition) is 0. The Morgan fingerprint density at radius 2 is 2.33 bits per heavy atom. The number of unbranched alkanes of at least 4 members (excludes halogenated alkanes) is 2. The zero-order chi connectivity index (χ0) is 4.83. The highest BCUT2D eigenvalue weighted by molar-refractivity contribution is 7.19. The topological polar surface area (TPSA) is 0 Å². The standard InChI is InChI=1S/C5H13P/c1-2-3-4-5-6/h5H,2-4H2,1,6H3. The van der Waals surface area contributed by atoms with Crippen LogP contribution in [0.25, 0.3) is 0 Å². The lowest BCUT2D eigenvalue weighted by Gasteiger charge is -1.92. The van der Waals surface area contributed by atoms with Crippen LogP contribution >= 0.6 is 9.24 Å². The van der Waals surface area contributed by atoms with Gasteiger partial charge >= 0.3 is 0 Å². The first-order valence-electron chi connectivity index (χ1n) is 2.52. The first-order valence-corrected chi connectivity index (χ1v) is 3.34. The minimum absolute atomic E-state index is 1.30. The molecule has 0 rings (SSSR count). The lowest BCUT2D eigenvalue weighted by molar-refractivity contribution is 0.806. The molecule has 1 unspecified atom stereocenters. The molecule has 0 bridgehead atoms. The monoisotopic (exact) mass is 104 g/mol. The second kappa shape index (κ2) is 5.43. The summed E-state index contributed by atoms with van der Waals surface area (Å²) in [6, 6.07) is 0. The van der Waals surface area contributed by atoms with Gasteiger partial charge in [0.15, 0.2) is 0 Å². The summed E-state index contributed by atoms with van der Waals surface area (Å²) in [6.07, 6.45) is 6.23. The van der Waals surface area contributed by atoms with E-state index in [1.54, 1.807) is 0 Å². The van der Waals surface area contributed by atoms with E-state index in [9.17, 15) is 0 Å². The van der Waals surface area contributed by atoms with Gasteiger partial charge in [0, 0.05) is 0 Å². The lowest BCUT2D eigenvalue weighted by Crippen LogP contribution is -1.64. The van der Waals surface area contributed by atoms with E-state index in [0.717, 1.165) is 0 Å². The first-order chi connectivity index (χ1) is 2.91. The van der Waals surface area contributed by atoms with Crippen LogP contribution in [0.3, 0.4) is 0 Å². The third-order valence-electron chi connectivity index (χ3n) is 0.762. The van der Waals surface area contributed by atoms with Gasteiger partial charge in [-0.2, -0.15) is 15.4 Å². The number of hydrogen-bond acceptors (Lipinski definition) is 0. The zero-order valence-electron chi connectivity index (χ0n) is 4.41. The van der Waals surface area contributed by atoms with Gasteiger partial charge in [-0.1, -0.05) is 19.8 Å². The van der Waals surface area contributed by atoms with E-state index in [-0.39, 0.29) is 0 Å². The van der Waals surface area contributed by atoms with Crippen molar-refractivity contribution in [3.63, 3.8) is 0 Å². The Kier molecular flexibility index (Phi) is 5.82. The molecule has 0 amide bonds. The molecule has 0 aromatic heterocycles. The second-order valence-corrected chi connectivity index (χ2v) is 2.01. The van der Waals surface area contributed by atoms with Crippen LogP contribution in [0.4, 0.5) is 0 Å². The van der Waals surface area contributed by atoms with Crippen molar-refractivity contribution in [1.82, 2.24) is 0 Å². The molecule has 0 heterocycles. The molecule has 0 N–H and O–H groups in total. The van der Waals surface area contributed by atoms with Crippen molar-refractivity contribution in [2.45, 2.75) is 26.2 Å². The predicted molar refractivity (Wildman–Crippen MR) is 34.9 cm³/mol. The van der Waals surface area contributed by atoms with Gasteiger partial charge in [-0.25, -0.2) is 0 Å². The molecule has 0 nitrogen and oxygen atoms in total. The molecule has 0 aliphatic rings. The Balaban J connectivity index is 2.34. The maximum absolute atomic E-state index is 2.24. The fourth-order valence-corrected chi connectivity index (χ4v) is 0.637. The van der Waals surface area contributed by atoms with Crippen molar-refractivity contribution in [2.75, 3.05) is 0 Å². The van der Waals surface area contributed by atoms with E-state index in [2.05, 4.69) is 13.1 Å². The quantitative estimate of drug-likeness (QED) is 0.291. The van der Waals surface area contributed by atoms with Crippen molar-refractivity contribution in [2.24, 2.45) is 0 Å². The summed E-state index contributed by atoms with van der Waals surface area (Å²) in [5.74, 6) is 0. The first kappa shape index (κ1) is 6.43. The van der Waals surface area contributed by atoms with Gasteiger partial charge in [0.1, 0.15) is 0 Å². The molecule has 0 saturated heterocycles. The summed E-state index contributed by atoms with van der Waals surface area (Å²) < 4.78 is 0. The highest BCUT2D eigenvalue weighted by Crippen LogP contribution is 2.01. The third-order valence-corrected chi connectivity index (χ3v) is 1.17. The SMILES string of the molecule is CCCC[CH-][PH3+]. The van der Waals surface area contributed by atoms with Crippen LogP contribution in [-0.4, -0.2) is 0 Å². The fourth-order valence-electron chi connectivity index (χ4n) is 0.348. The van der Waals surface area contributed by atoms with E-state index < -0.39 is 0 Å². The summed E-state index contributed by atoms with van der Waals surface area (Å²) in [6.45, 7) is 2.21. The van der Waals surface area contributed by atoms with Crippen molar-refractivity contribution in [1.29, 1.82) is 0 Å². The summed E-state index contributed by atoms with van der Waals surface area (Å²) in [4.78, 5) is 0. The molecule has 1 atom stereocenters. The second-order valence-electron chi connectivity index (χ2n) is 1.43. The molecule has 0 aliphatic heterocycles. The normalized spacial score (nSPS) is 9.50. The summed E-state index contributed by atoms with van der Waals surface area (Å²) >= 11 is 0. The molecular formula is C5H13P. The highest BCUT2D eigenvalue weighted by atomic mass is 31.0. The fraction of sp³-hybridized carbons (Fsp3) is 0.800. The Morgan fingerprint density at radius 1 is 1.67 bits per heavy atom. The Morgan fingerprint density at radius 3 is 2.50 bits per heavy atom. The lowest BCUT2D eigenvalue weighted by atomic mass is 10.3. The largest absolute Gasteiger partial charge is 0.172 e. The maximum atomic E-state index is 2.24. The Labute approximate surface area is 42.5 Å². The van der Waals surface area contributed by atoms with E-state index in [1.165, 1.54) is 19.3 Å². The maximum Gasteiger partial charge on any atom is -0.0585 e. The summed E-state index contributed by atoms with van der Waals surface area (Å²) in [5.41, 5.74) is 0. The van der Waals surface area contributed by atoms with Crippen LogP contribution in [0.15, 0.2) is 0 Å². The highest BCUT2D eigenvalue weighted by Gasteiger charge is 1.69. The van der Waals surface area contributed by atoms with E-state index >= 15 is 0 Å². The van der Waals surface area contributed by atoms with Crippen molar-refractivity contribution >= 4 is 9.24 Å². The van der Waals surface area contributed by atoms with Gasteiger partial charge in [0.05, 0.1) is 0 Å². The molecule has 6 heavy (non-hydrogen) atoms. The van der Waals surface area contributed by atoms with E-state index in [1.807, 2.05) is 9.24 Å². The van der Waals surface area contributed by atoms with Crippen LogP contribution < -0.4 is 0 Å². The molecule has 0 radical (unpaired) electrons. The van der Waals surface area contributed by atoms with E-state index in [0.29, 0.717) is 0 Å². The molecular weight excluding hydrogens is 91.0 g/mol. The molecule has 0 saturated carbocycles. The van der Waals surface area contributed by atoms with Crippen molar-refractivity contribution in [3.8, 4) is 0 Å². The van der Waals surface area contributed by atoms with Gasteiger partial charge in [0.25, 0.3) is 0 Å². The van der Waals surface area contributed by atoms with Crippen LogP contribution in [0.2, 0.25) is 0 Å². The number of rotatable bonds is 3. The van der Waals surface area contributed by atoms with Crippen molar-refractivity contribution < 1.29 is 0 Å². The Bertz CT molecular complexity index is 15.9. The summed E-state index contributed by atoms with van der Waals surface area (Å²) in [7, 11) is 1.94. The molecule has 0 aromatic rings. The van der Waals surface area contributed by atoms with Gasteiger partial charge in [-0.15, -0.1) is 6.42 Å². The molecule has 0 fully saturated rings. The smallest absolute Gasteiger partial charge is 0.0585 e. The average Bonchev–Trinajstić information content (AvgIpc) is 1.61. The van der Waals surface area contributed by atoms with Crippen LogP contribution in [0.1, 0.15) is 26.2 Å². The van der Waals surface area contributed by atoms with E-state index in [4.69, 9.17) is 0 Å². The van der Waals surface area contributed by atoms with Crippen LogP contribution in [0, 0.1) is 6.16 Å². The molecule has 0 spiro atoms. The minimum atomic E-state index is 1.30. The third kappa shape index (κ3) is 4.43. The van der Waals surface area contributed by atoms with Crippen LogP contribution in [-0.2, 0) is 0 Å². The van der Waals surface area contributed by atoms with Crippen molar-refractivity contribution in [3.05, 3.63) is 6.16 Å². The van der Waals surface area contributed by atoms with Gasteiger partial charge in [0.2, 0.25) is 0 Å². The van der Waals surface area contributed by atoms with Gasteiger partial charge in [-0.3, -0.25) is 0 Å². The van der Waals surface area contributed by atoms with Gasteiger partial charge < -0.3 is 0 Å². The zero-order valence-corrected chi connectivity index (χ0v) is 5.82.